The maximum absolute atomic E-state index is 11.2. The van der Waals surface area contributed by atoms with Crippen LogP contribution in [-0.2, 0) is 23.4 Å². The van der Waals surface area contributed by atoms with Crippen LogP contribution >= 0.6 is 7.82 Å². The molecule has 0 radical (unpaired) electrons. The minimum absolute atomic E-state index is 0.0814. The first-order chi connectivity index (χ1) is 7.78. The lowest BCUT2D eigenvalue weighted by atomic mass is 10.2. The second kappa shape index (κ2) is 5.93. The van der Waals surface area contributed by atoms with E-state index in [1.165, 1.54) is 0 Å². The molecule has 100 valence electrons. The smallest absolute Gasteiger partial charge is 0.463 e. The van der Waals surface area contributed by atoms with E-state index in [-0.39, 0.29) is 24.6 Å². The molecule has 1 fully saturated rings. The normalized spacial score (nSPS) is 25.2. The summed E-state index contributed by atoms with van der Waals surface area (Å²) in [5.41, 5.74) is 0. The summed E-state index contributed by atoms with van der Waals surface area (Å²) in [6.07, 6.45) is -0.391. The topological polar surface area (TPSA) is 102 Å². The average Bonchev–Trinajstić information content (AvgIpc) is 2.59. The Balaban J connectivity index is 2.27. The molecule has 0 bridgehead atoms. The van der Waals surface area contributed by atoms with Gasteiger partial charge in [0, 0.05) is 6.42 Å². The Morgan fingerprint density at radius 3 is 2.65 bits per heavy atom. The lowest BCUT2D eigenvalue weighted by Gasteiger charge is -2.15. The van der Waals surface area contributed by atoms with Crippen molar-refractivity contribution < 1.29 is 33.1 Å². The molecule has 1 rings (SSSR count). The summed E-state index contributed by atoms with van der Waals surface area (Å²) in [4.78, 5) is 28.3. The van der Waals surface area contributed by atoms with Crippen molar-refractivity contribution >= 4 is 13.8 Å². The third-order valence-corrected chi connectivity index (χ3v) is 2.72. The second-order valence-electron chi connectivity index (χ2n) is 4.15. The van der Waals surface area contributed by atoms with Crippen molar-refractivity contribution in [3.05, 3.63) is 0 Å². The molecule has 0 amide bonds. The van der Waals surface area contributed by atoms with E-state index in [1.807, 2.05) is 0 Å². The van der Waals surface area contributed by atoms with Crippen LogP contribution in [0.15, 0.2) is 0 Å². The zero-order valence-electron chi connectivity index (χ0n) is 9.74. The standard InChI is InChI=1S/C9H17O7P/c1-6(2)9(10)14-5-7-3-4-8(15-7)16-17(11,12)13/h6-8H,3-5H2,1-2H3,(H2,11,12,13)/t7-,8+/m0/s1. The van der Waals surface area contributed by atoms with E-state index in [1.54, 1.807) is 13.8 Å². The highest BCUT2D eigenvalue weighted by atomic mass is 31.2. The van der Waals surface area contributed by atoms with Gasteiger partial charge in [0.25, 0.3) is 0 Å². The van der Waals surface area contributed by atoms with E-state index in [0.717, 1.165) is 0 Å². The minimum atomic E-state index is -4.53. The zero-order chi connectivity index (χ0) is 13.1. The lowest BCUT2D eigenvalue weighted by Crippen LogP contribution is -2.22. The van der Waals surface area contributed by atoms with Crippen LogP contribution < -0.4 is 0 Å². The van der Waals surface area contributed by atoms with Crippen LogP contribution in [0.5, 0.6) is 0 Å². The molecule has 0 aromatic carbocycles. The number of phosphoric acid groups is 1. The van der Waals surface area contributed by atoms with E-state index < -0.39 is 14.1 Å². The summed E-state index contributed by atoms with van der Waals surface area (Å²) in [7, 11) is -4.53. The molecule has 1 heterocycles. The van der Waals surface area contributed by atoms with Gasteiger partial charge in [-0.15, -0.1) is 0 Å². The number of carbonyl (C=O) groups excluding carboxylic acids is 1. The van der Waals surface area contributed by atoms with Crippen LogP contribution in [0.1, 0.15) is 26.7 Å². The third-order valence-electron chi connectivity index (χ3n) is 2.21. The molecular weight excluding hydrogens is 251 g/mol. The first kappa shape index (κ1) is 14.6. The molecule has 7 nitrogen and oxygen atoms in total. The molecule has 8 heteroatoms. The van der Waals surface area contributed by atoms with E-state index in [0.29, 0.717) is 12.8 Å². The molecular formula is C9H17O7P. The van der Waals surface area contributed by atoms with Crippen LogP contribution in [0.4, 0.5) is 0 Å². The van der Waals surface area contributed by atoms with E-state index in [4.69, 9.17) is 19.3 Å². The molecule has 17 heavy (non-hydrogen) atoms. The number of esters is 1. The summed E-state index contributed by atoms with van der Waals surface area (Å²) >= 11 is 0. The second-order valence-corrected chi connectivity index (χ2v) is 5.34. The Hall–Kier alpha value is -0.460. The highest BCUT2D eigenvalue weighted by Crippen LogP contribution is 2.40. The Bertz CT molecular complexity index is 310. The highest BCUT2D eigenvalue weighted by Gasteiger charge is 2.32. The SMILES string of the molecule is CC(C)C(=O)OC[C@@H]1CC[C@@H](OP(=O)(O)O)O1. The molecule has 0 aromatic heterocycles. The van der Waals surface area contributed by atoms with Crippen molar-refractivity contribution in [3.8, 4) is 0 Å². The average molecular weight is 268 g/mol. The van der Waals surface area contributed by atoms with Crippen LogP contribution in [0.25, 0.3) is 0 Å². The van der Waals surface area contributed by atoms with Gasteiger partial charge in [0.15, 0.2) is 6.29 Å². The fraction of sp³-hybridized carbons (Fsp3) is 0.889. The lowest BCUT2D eigenvalue weighted by molar-refractivity contribution is -0.155. The van der Waals surface area contributed by atoms with Gasteiger partial charge in [-0.3, -0.25) is 9.32 Å². The van der Waals surface area contributed by atoms with E-state index >= 15 is 0 Å². The molecule has 0 spiro atoms. The monoisotopic (exact) mass is 268 g/mol. The molecule has 1 aliphatic rings. The van der Waals surface area contributed by atoms with Gasteiger partial charge in [-0.1, -0.05) is 13.8 Å². The number of ether oxygens (including phenoxy) is 2. The van der Waals surface area contributed by atoms with Crippen LogP contribution in [-0.4, -0.2) is 34.8 Å². The van der Waals surface area contributed by atoms with Crippen LogP contribution in [0.2, 0.25) is 0 Å². The molecule has 0 aromatic rings. The van der Waals surface area contributed by atoms with Gasteiger partial charge in [0.05, 0.1) is 12.0 Å². The van der Waals surface area contributed by atoms with Gasteiger partial charge in [-0.05, 0) is 6.42 Å². The summed E-state index contributed by atoms with van der Waals surface area (Å²) in [6.45, 7) is 3.52. The van der Waals surface area contributed by atoms with E-state index in [9.17, 15) is 9.36 Å². The van der Waals surface area contributed by atoms with Crippen molar-refractivity contribution in [3.63, 3.8) is 0 Å². The van der Waals surface area contributed by atoms with Crippen molar-refractivity contribution in [1.82, 2.24) is 0 Å². The molecule has 2 atom stereocenters. The molecule has 0 aliphatic carbocycles. The summed E-state index contributed by atoms with van der Waals surface area (Å²) in [6, 6.07) is 0. The summed E-state index contributed by atoms with van der Waals surface area (Å²) in [5.74, 6) is -0.536. The molecule has 0 saturated carbocycles. The first-order valence-electron chi connectivity index (χ1n) is 5.34. The molecule has 2 N–H and O–H groups in total. The Labute approximate surface area is 99.3 Å². The Morgan fingerprint density at radius 1 is 1.47 bits per heavy atom. The van der Waals surface area contributed by atoms with Crippen molar-refractivity contribution in [2.24, 2.45) is 5.92 Å². The van der Waals surface area contributed by atoms with E-state index in [2.05, 4.69) is 4.52 Å². The third kappa shape index (κ3) is 5.61. The summed E-state index contributed by atoms with van der Waals surface area (Å²) in [5, 5.41) is 0. The van der Waals surface area contributed by atoms with Crippen molar-refractivity contribution in [2.75, 3.05) is 6.61 Å². The van der Waals surface area contributed by atoms with Gasteiger partial charge in [0.2, 0.25) is 0 Å². The van der Waals surface area contributed by atoms with Gasteiger partial charge in [0.1, 0.15) is 6.61 Å². The fourth-order valence-electron chi connectivity index (χ4n) is 1.37. The number of carbonyl (C=O) groups is 1. The number of rotatable bonds is 5. The van der Waals surface area contributed by atoms with Crippen molar-refractivity contribution in [1.29, 1.82) is 0 Å². The quantitative estimate of drug-likeness (QED) is 0.561. The van der Waals surface area contributed by atoms with Gasteiger partial charge in [-0.25, -0.2) is 4.57 Å². The van der Waals surface area contributed by atoms with Crippen LogP contribution in [0.3, 0.4) is 0 Å². The van der Waals surface area contributed by atoms with Gasteiger partial charge in [-0.2, -0.15) is 0 Å². The predicted octanol–water partition coefficient (Wildman–Crippen LogP) is 0.800. The minimum Gasteiger partial charge on any atom is -0.463 e. The largest absolute Gasteiger partial charge is 0.471 e. The first-order valence-corrected chi connectivity index (χ1v) is 6.87. The number of hydrogen-bond acceptors (Lipinski definition) is 5. The Morgan fingerprint density at radius 2 is 2.12 bits per heavy atom. The zero-order valence-corrected chi connectivity index (χ0v) is 10.6. The maximum atomic E-state index is 11.2. The van der Waals surface area contributed by atoms with Gasteiger partial charge >= 0.3 is 13.8 Å². The number of phosphoric ester groups is 1. The maximum Gasteiger partial charge on any atom is 0.471 e. The predicted molar refractivity (Wildman–Crippen MR) is 56.8 cm³/mol. The van der Waals surface area contributed by atoms with Crippen molar-refractivity contribution in [2.45, 2.75) is 39.1 Å². The highest BCUT2D eigenvalue weighted by molar-refractivity contribution is 7.46. The molecule has 0 unspecified atom stereocenters. The number of hydrogen-bond donors (Lipinski definition) is 2. The fourth-order valence-corrected chi connectivity index (χ4v) is 1.83. The molecule has 1 saturated heterocycles. The van der Waals surface area contributed by atoms with Gasteiger partial charge < -0.3 is 19.3 Å². The Kier molecular flexibility index (Phi) is 5.09. The summed E-state index contributed by atoms with van der Waals surface area (Å²) < 4.78 is 25.1. The van der Waals surface area contributed by atoms with Crippen LogP contribution in [0, 0.1) is 5.92 Å². The molecule has 1 aliphatic heterocycles.